The number of guanidine groups is 1. The molecular weight excluding hydrogens is 288 g/mol. The molecule has 20 heavy (non-hydrogen) atoms. The Hall–Kier alpha value is -0.750. The second kappa shape index (κ2) is 7.88. The van der Waals surface area contributed by atoms with Gasteiger partial charge in [0.25, 0.3) is 0 Å². The van der Waals surface area contributed by atoms with Crippen LogP contribution in [0.1, 0.15) is 28.4 Å². The van der Waals surface area contributed by atoms with Gasteiger partial charge in [0.05, 0.1) is 10.7 Å². The summed E-state index contributed by atoms with van der Waals surface area (Å²) in [5.74, 6) is 2.22. The van der Waals surface area contributed by atoms with E-state index in [1.54, 1.807) is 11.3 Å². The maximum atomic E-state index is 4.46. The van der Waals surface area contributed by atoms with Gasteiger partial charge in [0.1, 0.15) is 0 Å². The largest absolute Gasteiger partial charge is 0.356 e. The molecule has 0 amide bonds. The fourth-order valence-corrected chi connectivity index (χ4v) is 4.47. The Morgan fingerprint density at radius 1 is 1.40 bits per heavy atom. The molecule has 1 atom stereocenters. The van der Waals surface area contributed by atoms with Gasteiger partial charge in [-0.05, 0) is 32.4 Å². The van der Waals surface area contributed by atoms with E-state index in [1.807, 2.05) is 7.05 Å². The van der Waals surface area contributed by atoms with Gasteiger partial charge in [0, 0.05) is 36.7 Å². The highest BCUT2D eigenvalue weighted by Gasteiger charge is 2.15. The minimum absolute atomic E-state index is 0.750. The van der Waals surface area contributed by atoms with Crippen molar-refractivity contribution in [1.29, 1.82) is 0 Å². The molecule has 4 nitrogen and oxygen atoms in total. The standard InChI is InChI=1S/C14H24N4S2/c1-10-13(20-11(2)18-10)6-7-16-14(15-3)17-9-12-5-4-8-19-12/h12H,4-9H2,1-3H3,(H2,15,16,17). The molecular formula is C14H24N4S2. The average Bonchev–Trinajstić information content (AvgIpc) is 3.04. The van der Waals surface area contributed by atoms with Gasteiger partial charge in [0.15, 0.2) is 5.96 Å². The van der Waals surface area contributed by atoms with Crippen LogP contribution in [0.3, 0.4) is 0 Å². The zero-order chi connectivity index (χ0) is 14.4. The van der Waals surface area contributed by atoms with Crippen molar-refractivity contribution in [3.8, 4) is 0 Å². The molecule has 6 heteroatoms. The topological polar surface area (TPSA) is 49.3 Å². The highest BCUT2D eigenvalue weighted by molar-refractivity contribution is 8.00. The molecule has 0 saturated carbocycles. The van der Waals surface area contributed by atoms with Gasteiger partial charge in [-0.1, -0.05) is 0 Å². The zero-order valence-corrected chi connectivity index (χ0v) is 14.2. The lowest BCUT2D eigenvalue weighted by molar-refractivity contribution is 0.724. The van der Waals surface area contributed by atoms with E-state index in [0.717, 1.165) is 35.7 Å². The number of rotatable bonds is 5. The quantitative estimate of drug-likeness (QED) is 0.647. The molecule has 1 fully saturated rings. The minimum atomic E-state index is 0.750. The van der Waals surface area contributed by atoms with Crippen LogP contribution in [0.5, 0.6) is 0 Å². The molecule has 0 spiro atoms. The van der Waals surface area contributed by atoms with Crippen molar-refractivity contribution in [1.82, 2.24) is 15.6 Å². The van der Waals surface area contributed by atoms with Crippen LogP contribution in [0.2, 0.25) is 0 Å². The molecule has 1 aliphatic rings. The van der Waals surface area contributed by atoms with Crippen LogP contribution in [0.15, 0.2) is 4.99 Å². The van der Waals surface area contributed by atoms with Crippen LogP contribution < -0.4 is 10.6 Å². The number of thioether (sulfide) groups is 1. The van der Waals surface area contributed by atoms with E-state index in [9.17, 15) is 0 Å². The van der Waals surface area contributed by atoms with E-state index in [1.165, 1.54) is 29.2 Å². The fraction of sp³-hybridized carbons (Fsp3) is 0.714. The van der Waals surface area contributed by atoms with E-state index >= 15 is 0 Å². The third-order valence-electron chi connectivity index (χ3n) is 3.39. The second-order valence-corrected chi connectivity index (χ2v) is 7.70. The first-order valence-corrected chi connectivity index (χ1v) is 9.04. The first kappa shape index (κ1) is 15.6. The van der Waals surface area contributed by atoms with Crippen LogP contribution in [-0.2, 0) is 6.42 Å². The summed E-state index contributed by atoms with van der Waals surface area (Å²) < 4.78 is 0. The van der Waals surface area contributed by atoms with Gasteiger partial charge in [-0.3, -0.25) is 4.99 Å². The molecule has 112 valence electrons. The van der Waals surface area contributed by atoms with Crippen LogP contribution >= 0.6 is 23.1 Å². The molecule has 1 aliphatic heterocycles. The lowest BCUT2D eigenvalue weighted by Gasteiger charge is -2.14. The minimum Gasteiger partial charge on any atom is -0.356 e. The van der Waals surface area contributed by atoms with Crippen molar-refractivity contribution in [3.63, 3.8) is 0 Å². The Kier molecular flexibility index (Phi) is 6.16. The summed E-state index contributed by atoms with van der Waals surface area (Å²) >= 11 is 3.86. The monoisotopic (exact) mass is 312 g/mol. The normalized spacial score (nSPS) is 19.4. The molecule has 1 aromatic heterocycles. The SMILES string of the molecule is CN=C(NCCc1sc(C)nc1C)NCC1CCCS1. The van der Waals surface area contributed by atoms with Crippen LogP contribution in [0.4, 0.5) is 0 Å². The van der Waals surface area contributed by atoms with Gasteiger partial charge in [0.2, 0.25) is 0 Å². The Bertz CT molecular complexity index is 450. The molecule has 2 rings (SSSR count). The van der Waals surface area contributed by atoms with Gasteiger partial charge in [-0.25, -0.2) is 4.98 Å². The maximum Gasteiger partial charge on any atom is 0.191 e. The highest BCUT2D eigenvalue weighted by Crippen LogP contribution is 2.25. The van der Waals surface area contributed by atoms with Crippen molar-refractivity contribution >= 4 is 29.1 Å². The van der Waals surface area contributed by atoms with E-state index < -0.39 is 0 Å². The molecule has 2 N–H and O–H groups in total. The molecule has 1 aromatic rings. The lowest BCUT2D eigenvalue weighted by Crippen LogP contribution is -2.40. The summed E-state index contributed by atoms with van der Waals surface area (Å²) in [6.45, 7) is 6.07. The van der Waals surface area contributed by atoms with Crippen molar-refractivity contribution in [2.75, 3.05) is 25.9 Å². The smallest absolute Gasteiger partial charge is 0.191 e. The summed E-state index contributed by atoms with van der Waals surface area (Å²) in [5.41, 5.74) is 1.17. The van der Waals surface area contributed by atoms with E-state index in [-0.39, 0.29) is 0 Å². The van der Waals surface area contributed by atoms with Crippen molar-refractivity contribution in [2.24, 2.45) is 4.99 Å². The molecule has 0 radical (unpaired) electrons. The third kappa shape index (κ3) is 4.66. The Morgan fingerprint density at radius 2 is 2.25 bits per heavy atom. The molecule has 2 heterocycles. The third-order valence-corrected chi connectivity index (χ3v) is 5.92. The second-order valence-electron chi connectivity index (χ2n) is 5.01. The van der Waals surface area contributed by atoms with Gasteiger partial charge >= 0.3 is 0 Å². The van der Waals surface area contributed by atoms with Gasteiger partial charge in [-0.2, -0.15) is 11.8 Å². The predicted octanol–water partition coefficient (Wildman–Crippen LogP) is 2.36. The number of nitrogens with one attached hydrogen (secondary N) is 2. The van der Waals surface area contributed by atoms with Gasteiger partial charge < -0.3 is 10.6 Å². The first-order chi connectivity index (χ1) is 9.69. The lowest BCUT2D eigenvalue weighted by atomic mass is 10.2. The molecule has 1 saturated heterocycles. The van der Waals surface area contributed by atoms with Crippen LogP contribution in [-0.4, -0.2) is 42.1 Å². The number of thiazole rings is 1. The van der Waals surface area contributed by atoms with Crippen LogP contribution in [0, 0.1) is 13.8 Å². The fourth-order valence-electron chi connectivity index (χ4n) is 2.34. The number of aliphatic imine (C=N–C) groups is 1. The van der Waals surface area contributed by atoms with E-state index in [0.29, 0.717) is 0 Å². The molecule has 0 aromatic carbocycles. The predicted molar refractivity (Wildman–Crippen MR) is 90.1 cm³/mol. The number of hydrogen-bond acceptors (Lipinski definition) is 4. The molecule has 0 aliphatic carbocycles. The summed E-state index contributed by atoms with van der Waals surface area (Å²) in [5, 5.41) is 8.71. The number of hydrogen-bond donors (Lipinski definition) is 2. The molecule has 1 unspecified atom stereocenters. The summed E-state index contributed by atoms with van der Waals surface area (Å²) in [6.07, 6.45) is 3.69. The van der Waals surface area contributed by atoms with Crippen LogP contribution in [0.25, 0.3) is 0 Å². The average molecular weight is 313 g/mol. The Morgan fingerprint density at radius 3 is 2.85 bits per heavy atom. The van der Waals surface area contributed by atoms with Crippen molar-refractivity contribution in [3.05, 3.63) is 15.6 Å². The number of aryl methyl sites for hydroxylation is 2. The molecule has 0 bridgehead atoms. The van der Waals surface area contributed by atoms with Gasteiger partial charge in [-0.15, -0.1) is 11.3 Å². The Labute approximate surface area is 129 Å². The first-order valence-electron chi connectivity index (χ1n) is 7.18. The summed E-state index contributed by atoms with van der Waals surface area (Å²) in [7, 11) is 1.83. The number of aromatic nitrogens is 1. The van der Waals surface area contributed by atoms with E-state index in [2.05, 4.69) is 46.2 Å². The Balaban J connectivity index is 1.69. The summed E-state index contributed by atoms with van der Waals surface area (Å²) in [4.78, 5) is 10.1. The zero-order valence-electron chi connectivity index (χ0n) is 12.5. The maximum absolute atomic E-state index is 4.46. The summed E-state index contributed by atoms with van der Waals surface area (Å²) in [6, 6.07) is 0. The number of nitrogens with zero attached hydrogens (tertiary/aromatic N) is 2. The van der Waals surface area contributed by atoms with E-state index in [4.69, 9.17) is 0 Å². The van der Waals surface area contributed by atoms with Crippen molar-refractivity contribution in [2.45, 2.75) is 38.4 Å². The van der Waals surface area contributed by atoms with Crippen molar-refractivity contribution < 1.29 is 0 Å². The highest BCUT2D eigenvalue weighted by atomic mass is 32.2.